The van der Waals surface area contributed by atoms with Crippen LogP contribution in [0.5, 0.6) is 0 Å². The molecule has 2 atom stereocenters. The summed E-state index contributed by atoms with van der Waals surface area (Å²) in [7, 11) is 0. The van der Waals surface area contributed by atoms with E-state index in [1.807, 2.05) is 6.33 Å². The van der Waals surface area contributed by atoms with Crippen molar-refractivity contribution in [2.75, 3.05) is 13.1 Å². The predicted octanol–water partition coefficient (Wildman–Crippen LogP) is 1.62. The molecular weight excluding hydrogens is 174 g/mol. The summed E-state index contributed by atoms with van der Waals surface area (Å²) >= 11 is 0. The van der Waals surface area contributed by atoms with E-state index in [-0.39, 0.29) is 0 Å². The highest BCUT2D eigenvalue weighted by Crippen LogP contribution is 2.27. The van der Waals surface area contributed by atoms with Gasteiger partial charge in [0.1, 0.15) is 0 Å². The first-order valence-corrected chi connectivity index (χ1v) is 5.53. The number of nitrogens with zero attached hydrogens (tertiary/aromatic N) is 2. The largest absolute Gasteiger partial charge is 0.337 e. The molecule has 3 heteroatoms. The highest BCUT2D eigenvalue weighted by molar-refractivity contribution is 5.08. The van der Waals surface area contributed by atoms with E-state index in [0.717, 1.165) is 25.6 Å². The van der Waals surface area contributed by atoms with Crippen molar-refractivity contribution < 1.29 is 0 Å². The van der Waals surface area contributed by atoms with Crippen LogP contribution in [0.3, 0.4) is 0 Å². The molecule has 1 aromatic heterocycles. The summed E-state index contributed by atoms with van der Waals surface area (Å²) in [6, 6.07) is 0. The molecular formula is C11H19N3. The number of imidazole rings is 1. The number of hydrogen-bond donors (Lipinski definition) is 1. The molecule has 14 heavy (non-hydrogen) atoms. The van der Waals surface area contributed by atoms with E-state index < -0.39 is 0 Å². The lowest BCUT2D eigenvalue weighted by Crippen LogP contribution is -2.34. The third kappa shape index (κ3) is 1.82. The van der Waals surface area contributed by atoms with E-state index in [4.69, 9.17) is 0 Å². The molecule has 3 nitrogen and oxygen atoms in total. The van der Waals surface area contributed by atoms with Gasteiger partial charge in [-0.05, 0) is 25.8 Å². The SMILES string of the molecule is CCn1cnc(C2CNCCC2C)c1. The minimum Gasteiger partial charge on any atom is -0.337 e. The lowest BCUT2D eigenvalue weighted by molar-refractivity contribution is 0.343. The summed E-state index contributed by atoms with van der Waals surface area (Å²) in [5.41, 5.74) is 1.26. The van der Waals surface area contributed by atoms with Crippen LogP contribution in [0.2, 0.25) is 0 Å². The summed E-state index contributed by atoms with van der Waals surface area (Å²) in [5.74, 6) is 1.37. The molecule has 1 N–H and O–H groups in total. The molecule has 1 aromatic rings. The molecule has 0 spiro atoms. The van der Waals surface area contributed by atoms with Crippen molar-refractivity contribution in [2.24, 2.45) is 5.92 Å². The molecule has 1 saturated heterocycles. The first-order valence-electron chi connectivity index (χ1n) is 5.53. The zero-order valence-electron chi connectivity index (χ0n) is 9.03. The number of rotatable bonds is 2. The van der Waals surface area contributed by atoms with Gasteiger partial charge < -0.3 is 9.88 Å². The Balaban J connectivity index is 2.12. The number of piperidine rings is 1. The van der Waals surface area contributed by atoms with Gasteiger partial charge in [-0.3, -0.25) is 0 Å². The quantitative estimate of drug-likeness (QED) is 0.773. The second kappa shape index (κ2) is 4.13. The van der Waals surface area contributed by atoms with Crippen molar-refractivity contribution in [2.45, 2.75) is 32.7 Å². The predicted molar refractivity (Wildman–Crippen MR) is 57.3 cm³/mol. The Hall–Kier alpha value is -0.830. The Morgan fingerprint density at radius 2 is 2.50 bits per heavy atom. The molecule has 0 amide bonds. The molecule has 0 radical (unpaired) electrons. The minimum atomic E-state index is 0.608. The van der Waals surface area contributed by atoms with Crippen LogP contribution in [-0.4, -0.2) is 22.6 Å². The van der Waals surface area contributed by atoms with Crippen molar-refractivity contribution in [1.82, 2.24) is 14.9 Å². The molecule has 1 fully saturated rings. The lowest BCUT2D eigenvalue weighted by atomic mass is 9.86. The van der Waals surface area contributed by atoms with Crippen LogP contribution in [-0.2, 0) is 6.54 Å². The number of hydrogen-bond acceptors (Lipinski definition) is 2. The van der Waals surface area contributed by atoms with E-state index in [2.05, 4.69) is 34.9 Å². The van der Waals surface area contributed by atoms with Crippen LogP contribution in [0.1, 0.15) is 31.9 Å². The lowest BCUT2D eigenvalue weighted by Gasteiger charge is -2.28. The van der Waals surface area contributed by atoms with Gasteiger partial charge in [-0.2, -0.15) is 0 Å². The van der Waals surface area contributed by atoms with Crippen molar-refractivity contribution in [3.8, 4) is 0 Å². The zero-order chi connectivity index (χ0) is 9.97. The Bertz CT molecular complexity index is 292. The maximum atomic E-state index is 4.48. The van der Waals surface area contributed by atoms with Gasteiger partial charge >= 0.3 is 0 Å². The average molecular weight is 193 g/mol. The molecule has 1 aliphatic rings. The van der Waals surface area contributed by atoms with Gasteiger partial charge in [0, 0.05) is 25.2 Å². The van der Waals surface area contributed by atoms with Gasteiger partial charge in [0.25, 0.3) is 0 Å². The number of aromatic nitrogens is 2. The third-order valence-electron chi connectivity index (χ3n) is 3.23. The van der Waals surface area contributed by atoms with Crippen LogP contribution in [0.15, 0.2) is 12.5 Å². The van der Waals surface area contributed by atoms with Crippen LogP contribution in [0.25, 0.3) is 0 Å². The van der Waals surface area contributed by atoms with E-state index in [1.54, 1.807) is 0 Å². The third-order valence-corrected chi connectivity index (χ3v) is 3.23. The number of nitrogens with one attached hydrogen (secondary N) is 1. The smallest absolute Gasteiger partial charge is 0.0949 e. The van der Waals surface area contributed by atoms with Crippen molar-refractivity contribution in [3.05, 3.63) is 18.2 Å². The van der Waals surface area contributed by atoms with Crippen LogP contribution < -0.4 is 5.32 Å². The normalized spacial score (nSPS) is 27.9. The molecule has 2 unspecified atom stereocenters. The average Bonchev–Trinajstić information content (AvgIpc) is 2.67. The highest BCUT2D eigenvalue weighted by Gasteiger charge is 2.24. The summed E-state index contributed by atoms with van der Waals surface area (Å²) in [4.78, 5) is 4.48. The molecule has 78 valence electrons. The fourth-order valence-corrected chi connectivity index (χ4v) is 2.13. The van der Waals surface area contributed by atoms with E-state index in [9.17, 15) is 0 Å². The topological polar surface area (TPSA) is 29.9 Å². The Kier molecular flexibility index (Phi) is 2.87. The van der Waals surface area contributed by atoms with E-state index >= 15 is 0 Å². The molecule has 2 heterocycles. The first-order chi connectivity index (χ1) is 6.81. The highest BCUT2D eigenvalue weighted by atomic mass is 15.0. The van der Waals surface area contributed by atoms with Crippen LogP contribution in [0.4, 0.5) is 0 Å². The molecule has 0 aromatic carbocycles. The van der Waals surface area contributed by atoms with Gasteiger partial charge in [0.2, 0.25) is 0 Å². The molecule has 0 bridgehead atoms. The molecule has 1 aliphatic heterocycles. The monoisotopic (exact) mass is 193 g/mol. The fraction of sp³-hybridized carbons (Fsp3) is 0.727. The zero-order valence-corrected chi connectivity index (χ0v) is 9.03. The van der Waals surface area contributed by atoms with Gasteiger partial charge in [-0.25, -0.2) is 4.98 Å². The Morgan fingerprint density at radius 1 is 1.64 bits per heavy atom. The van der Waals surface area contributed by atoms with Crippen molar-refractivity contribution in [1.29, 1.82) is 0 Å². The van der Waals surface area contributed by atoms with Gasteiger partial charge in [0.15, 0.2) is 0 Å². The standard InChI is InChI=1S/C11H19N3/c1-3-14-7-11(13-8-14)10-6-12-5-4-9(10)2/h7-10,12H,3-6H2,1-2H3. The summed E-state index contributed by atoms with van der Waals surface area (Å²) in [6.45, 7) is 7.74. The first kappa shape index (κ1) is 9.71. The second-order valence-electron chi connectivity index (χ2n) is 4.21. The summed E-state index contributed by atoms with van der Waals surface area (Å²) < 4.78 is 2.15. The van der Waals surface area contributed by atoms with Crippen molar-refractivity contribution >= 4 is 0 Å². The number of aryl methyl sites for hydroxylation is 1. The Labute approximate surface area is 85.5 Å². The van der Waals surface area contributed by atoms with Crippen molar-refractivity contribution in [3.63, 3.8) is 0 Å². The molecule has 2 rings (SSSR count). The fourth-order valence-electron chi connectivity index (χ4n) is 2.13. The van der Waals surface area contributed by atoms with Gasteiger partial charge in [-0.15, -0.1) is 0 Å². The maximum Gasteiger partial charge on any atom is 0.0949 e. The Morgan fingerprint density at radius 3 is 3.14 bits per heavy atom. The maximum absolute atomic E-state index is 4.48. The van der Waals surface area contributed by atoms with Gasteiger partial charge in [0.05, 0.1) is 12.0 Å². The molecule has 0 saturated carbocycles. The molecule has 0 aliphatic carbocycles. The van der Waals surface area contributed by atoms with Crippen LogP contribution in [0, 0.1) is 5.92 Å². The summed E-state index contributed by atoms with van der Waals surface area (Å²) in [5, 5.41) is 3.44. The van der Waals surface area contributed by atoms with Crippen LogP contribution >= 0.6 is 0 Å². The summed E-state index contributed by atoms with van der Waals surface area (Å²) in [6.07, 6.45) is 5.40. The minimum absolute atomic E-state index is 0.608. The van der Waals surface area contributed by atoms with Gasteiger partial charge in [-0.1, -0.05) is 6.92 Å². The van der Waals surface area contributed by atoms with E-state index in [1.165, 1.54) is 12.1 Å². The van der Waals surface area contributed by atoms with E-state index in [0.29, 0.717) is 5.92 Å². The second-order valence-corrected chi connectivity index (χ2v) is 4.21.